The smallest absolute Gasteiger partial charge is 0.136 e. The summed E-state index contributed by atoms with van der Waals surface area (Å²) in [6.07, 6.45) is 1.64. The van der Waals surface area contributed by atoms with E-state index < -0.39 is 5.54 Å². The molecule has 104 valence electrons. The van der Waals surface area contributed by atoms with Crippen LogP contribution in [0.2, 0.25) is 0 Å². The van der Waals surface area contributed by atoms with E-state index in [2.05, 4.69) is 11.4 Å². The highest BCUT2D eigenvalue weighted by Gasteiger charge is 2.23. The van der Waals surface area contributed by atoms with E-state index >= 15 is 0 Å². The van der Waals surface area contributed by atoms with Crippen molar-refractivity contribution in [3.05, 3.63) is 30.1 Å². The van der Waals surface area contributed by atoms with Gasteiger partial charge in [0, 0.05) is 10.9 Å². The highest BCUT2D eigenvalue weighted by atomic mass is 32.2. The summed E-state index contributed by atoms with van der Waals surface area (Å²) >= 11 is 1.50. The quantitative estimate of drug-likeness (QED) is 0.606. The molecule has 0 spiro atoms. The zero-order chi connectivity index (χ0) is 14.3. The molecule has 0 saturated carbocycles. The molecule has 0 aliphatic heterocycles. The number of nitrogens with one attached hydrogen (secondary N) is 1. The van der Waals surface area contributed by atoms with Crippen LogP contribution >= 0.6 is 11.8 Å². The van der Waals surface area contributed by atoms with Crippen LogP contribution in [-0.2, 0) is 0 Å². The van der Waals surface area contributed by atoms with Crippen molar-refractivity contribution in [3.63, 3.8) is 0 Å². The molecule has 0 radical (unpaired) electrons. The largest absolute Gasteiger partial charge is 0.297 e. The molecular formula is C15H21FN2S. The third kappa shape index (κ3) is 5.63. The fourth-order valence-corrected chi connectivity index (χ4v) is 2.86. The van der Waals surface area contributed by atoms with Gasteiger partial charge in [-0.15, -0.1) is 11.8 Å². The summed E-state index contributed by atoms with van der Waals surface area (Å²) < 4.78 is 13.4. The Balaban J connectivity index is 2.38. The number of nitriles is 1. The van der Waals surface area contributed by atoms with E-state index in [0.717, 1.165) is 18.6 Å². The van der Waals surface area contributed by atoms with Crippen molar-refractivity contribution in [3.8, 4) is 6.07 Å². The fourth-order valence-electron chi connectivity index (χ4n) is 1.97. The van der Waals surface area contributed by atoms with Crippen LogP contribution in [0.15, 0.2) is 29.2 Å². The zero-order valence-electron chi connectivity index (χ0n) is 11.7. The molecule has 0 aliphatic rings. The Morgan fingerprint density at radius 1 is 1.42 bits per heavy atom. The summed E-state index contributed by atoms with van der Waals surface area (Å²) in [5, 5.41) is 12.5. The van der Waals surface area contributed by atoms with Crippen LogP contribution < -0.4 is 5.32 Å². The van der Waals surface area contributed by atoms with Gasteiger partial charge in [0.1, 0.15) is 11.4 Å². The Kier molecular flexibility index (Phi) is 6.33. The first-order chi connectivity index (χ1) is 8.97. The van der Waals surface area contributed by atoms with E-state index in [4.69, 9.17) is 0 Å². The maximum absolute atomic E-state index is 13.4. The molecule has 19 heavy (non-hydrogen) atoms. The zero-order valence-corrected chi connectivity index (χ0v) is 12.6. The molecule has 1 rings (SSSR count). The molecular weight excluding hydrogens is 259 g/mol. The summed E-state index contributed by atoms with van der Waals surface area (Å²) in [5.41, 5.74) is -0.496. The second-order valence-electron chi connectivity index (χ2n) is 5.13. The van der Waals surface area contributed by atoms with Gasteiger partial charge in [-0.05, 0) is 51.5 Å². The predicted octanol–water partition coefficient (Wildman–Crippen LogP) is 3.98. The molecule has 2 nitrogen and oxygen atoms in total. The highest BCUT2D eigenvalue weighted by molar-refractivity contribution is 7.99. The van der Waals surface area contributed by atoms with Crippen molar-refractivity contribution in [2.24, 2.45) is 0 Å². The van der Waals surface area contributed by atoms with E-state index in [9.17, 15) is 9.65 Å². The maximum Gasteiger partial charge on any atom is 0.136 e. The number of nitrogens with zero attached hydrogens (tertiary/aromatic N) is 1. The van der Waals surface area contributed by atoms with E-state index in [1.807, 2.05) is 26.8 Å². The lowest BCUT2D eigenvalue weighted by Gasteiger charge is -2.25. The monoisotopic (exact) mass is 280 g/mol. The van der Waals surface area contributed by atoms with Crippen LogP contribution in [0.5, 0.6) is 0 Å². The van der Waals surface area contributed by atoms with Crippen molar-refractivity contribution in [1.29, 1.82) is 5.26 Å². The van der Waals surface area contributed by atoms with Gasteiger partial charge in [0.2, 0.25) is 0 Å². The highest BCUT2D eigenvalue weighted by Crippen LogP contribution is 2.23. The van der Waals surface area contributed by atoms with Gasteiger partial charge < -0.3 is 0 Å². The van der Waals surface area contributed by atoms with Crippen LogP contribution in [0, 0.1) is 17.1 Å². The Hall–Kier alpha value is -1.05. The minimum Gasteiger partial charge on any atom is -0.297 e. The molecule has 0 bridgehead atoms. The van der Waals surface area contributed by atoms with Crippen LogP contribution in [0.25, 0.3) is 0 Å². The van der Waals surface area contributed by atoms with Gasteiger partial charge >= 0.3 is 0 Å². The average Bonchev–Trinajstić information content (AvgIpc) is 2.36. The summed E-state index contributed by atoms with van der Waals surface area (Å²) in [6, 6.07) is 9.40. The third-order valence-electron chi connectivity index (χ3n) is 2.77. The van der Waals surface area contributed by atoms with Crippen LogP contribution in [0.1, 0.15) is 33.6 Å². The number of hydrogen-bond acceptors (Lipinski definition) is 3. The topological polar surface area (TPSA) is 35.8 Å². The van der Waals surface area contributed by atoms with E-state index in [1.165, 1.54) is 17.8 Å². The molecule has 0 saturated heterocycles. The molecule has 1 aromatic rings. The second-order valence-corrected chi connectivity index (χ2v) is 6.26. The van der Waals surface area contributed by atoms with E-state index in [-0.39, 0.29) is 11.9 Å². The van der Waals surface area contributed by atoms with Crippen molar-refractivity contribution in [2.75, 3.05) is 5.75 Å². The number of halogens is 1. The molecule has 0 aliphatic carbocycles. The van der Waals surface area contributed by atoms with Gasteiger partial charge in [-0.25, -0.2) is 4.39 Å². The van der Waals surface area contributed by atoms with Crippen molar-refractivity contribution >= 4 is 11.8 Å². The van der Waals surface area contributed by atoms with Crippen LogP contribution in [0.3, 0.4) is 0 Å². The Bertz CT molecular complexity index is 442. The first-order valence-corrected chi connectivity index (χ1v) is 7.52. The lowest BCUT2D eigenvalue weighted by molar-refractivity contribution is 0.380. The van der Waals surface area contributed by atoms with Gasteiger partial charge in [0.15, 0.2) is 0 Å². The SMILES string of the molecule is CC(C)NC(C)(C#N)CCCSc1ccccc1F. The minimum absolute atomic E-state index is 0.171. The molecule has 4 heteroatoms. The van der Waals surface area contributed by atoms with Crippen molar-refractivity contribution < 1.29 is 4.39 Å². The van der Waals surface area contributed by atoms with Crippen LogP contribution in [0.4, 0.5) is 4.39 Å². The summed E-state index contributed by atoms with van der Waals surface area (Å²) in [4.78, 5) is 0.679. The average molecular weight is 280 g/mol. The van der Waals surface area contributed by atoms with E-state index in [1.54, 1.807) is 12.1 Å². The normalized spacial score (nSPS) is 14.1. The van der Waals surface area contributed by atoms with Gasteiger partial charge in [0.25, 0.3) is 0 Å². The molecule has 0 aromatic heterocycles. The lowest BCUT2D eigenvalue weighted by Crippen LogP contribution is -2.44. The molecule has 1 atom stereocenters. The molecule has 0 amide bonds. The number of rotatable bonds is 7. The van der Waals surface area contributed by atoms with E-state index in [0.29, 0.717) is 4.90 Å². The van der Waals surface area contributed by atoms with Crippen LogP contribution in [-0.4, -0.2) is 17.3 Å². The molecule has 0 fully saturated rings. The summed E-state index contributed by atoms with van der Waals surface area (Å²) in [6.45, 7) is 5.98. The number of hydrogen-bond donors (Lipinski definition) is 1. The van der Waals surface area contributed by atoms with Gasteiger partial charge in [-0.3, -0.25) is 5.32 Å². The second kappa shape index (κ2) is 7.52. The predicted molar refractivity (Wildman–Crippen MR) is 78.6 cm³/mol. The molecule has 1 aromatic carbocycles. The molecule has 1 N–H and O–H groups in total. The first-order valence-electron chi connectivity index (χ1n) is 6.53. The van der Waals surface area contributed by atoms with Crippen molar-refractivity contribution in [1.82, 2.24) is 5.32 Å². The molecule has 1 unspecified atom stereocenters. The summed E-state index contributed by atoms with van der Waals surface area (Å²) in [7, 11) is 0. The number of benzene rings is 1. The Morgan fingerprint density at radius 2 is 2.11 bits per heavy atom. The lowest BCUT2D eigenvalue weighted by atomic mass is 9.97. The van der Waals surface area contributed by atoms with Gasteiger partial charge in [-0.1, -0.05) is 12.1 Å². The van der Waals surface area contributed by atoms with Crippen molar-refractivity contribution in [2.45, 2.75) is 50.1 Å². The van der Waals surface area contributed by atoms with Gasteiger partial charge in [0.05, 0.1) is 6.07 Å². The fraction of sp³-hybridized carbons (Fsp3) is 0.533. The Morgan fingerprint density at radius 3 is 2.68 bits per heavy atom. The number of thioether (sulfide) groups is 1. The first kappa shape index (κ1) is 16.0. The summed E-state index contributed by atoms with van der Waals surface area (Å²) in [5.74, 6) is 0.647. The van der Waals surface area contributed by atoms with Gasteiger partial charge in [-0.2, -0.15) is 5.26 Å². The maximum atomic E-state index is 13.4. The molecule has 0 heterocycles. The minimum atomic E-state index is -0.496. The third-order valence-corrected chi connectivity index (χ3v) is 3.90. The Labute approximate surface area is 119 Å². The standard InChI is InChI=1S/C15H21FN2S/c1-12(2)18-15(3,11-17)9-6-10-19-14-8-5-4-7-13(14)16/h4-5,7-8,12,18H,6,9-10H2,1-3H3.